The lowest BCUT2D eigenvalue weighted by molar-refractivity contribution is -0.136. The first-order valence-electron chi connectivity index (χ1n) is 10.4. The molecule has 35 heavy (non-hydrogen) atoms. The van der Waals surface area contributed by atoms with Gasteiger partial charge in [-0.3, -0.25) is 14.4 Å². The van der Waals surface area contributed by atoms with Crippen molar-refractivity contribution in [3.05, 3.63) is 70.4 Å². The van der Waals surface area contributed by atoms with Crippen LogP contribution >= 0.6 is 11.8 Å². The van der Waals surface area contributed by atoms with Gasteiger partial charge in [0.25, 0.3) is 0 Å². The Labute approximate surface area is 202 Å². The number of hydrogen-bond donors (Lipinski definition) is 4. The maximum absolute atomic E-state index is 12.2. The highest BCUT2D eigenvalue weighted by Gasteiger charge is 2.22. The summed E-state index contributed by atoms with van der Waals surface area (Å²) in [7, 11) is 0. The summed E-state index contributed by atoms with van der Waals surface area (Å²) >= 11 is 1.16. The Morgan fingerprint density at radius 3 is 2.46 bits per heavy atom. The molecule has 0 bridgehead atoms. The third kappa shape index (κ3) is 5.28. The molecule has 0 fully saturated rings. The number of hydrogen-bond acceptors (Lipinski definition) is 7. The molecule has 0 saturated heterocycles. The molecule has 4 rings (SSSR count). The van der Waals surface area contributed by atoms with E-state index in [1.807, 2.05) is 0 Å². The van der Waals surface area contributed by atoms with Gasteiger partial charge < -0.3 is 25.1 Å². The molecule has 0 radical (unpaired) electrons. The lowest BCUT2D eigenvalue weighted by atomic mass is 9.90. The van der Waals surface area contributed by atoms with Crippen molar-refractivity contribution in [2.24, 2.45) is 0 Å². The predicted molar refractivity (Wildman–Crippen MR) is 131 cm³/mol. The summed E-state index contributed by atoms with van der Waals surface area (Å²) in [5.41, 5.74) is 1.51. The molecule has 10 heteroatoms. The molecule has 1 aliphatic carbocycles. The van der Waals surface area contributed by atoms with Gasteiger partial charge in [0.1, 0.15) is 17.1 Å². The van der Waals surface area contributed by atoms with Gasteiger partial charge in [-0.1, -0.05) is 6.07 Å². The van der Waals surface area contributed by atoms with E-state index >= 15 is 0 Å². The summed E-state index contributed by atoms with van der Waals surface area (Å²) in [5.74, 6) is -2.09. The van der Waals surface area contributed by atoms with Crippen LogP contribution in [-0.4, -0.2) is 44.7 Å². The van der Waals surface area contributed by atoms with Gasteiger partial charge in [0.2, 0.25) is 5.91 Å². The largest absolute Gasteiger partial charge is 0.508 e. The molecule has 1 aliphatic heterocycles. The highest BCUT2D eigenvalue weighted by molar-refractivity contribution is 7.99. The predicted octanol–water partition coefficient (Wildman–Crippen LogP) is 4.12. The summed E-state index contributed by atoms with van der Waals surface area (Å²) < 4.78 is 5.80. The molecule has 0 unspecified atom stereocenters. The second-order valence-corrected chi connectivity index (χ2v) is 8.73. The Morgan fingerprint density at radius 2 is 1.71 bits per heavy atom. The summed E-state index contributed by atoms with van der Waals surface area (Å²) in [6.07, 6.45) is -0.0628. The van der Waals surface area contributed by atoms with Crippen molar-refractivity contribution in [3.63, 3.8) is 0 Å². The lowest BCUT2D eigenvalue weighted by Crippen LogP contribution is -2.15. The molecule has 178 valence electrons. The van der Waals surface area contributed by atoms with Crippen LogP contribution < -0.4 is 10.7 Å². The van der Waals surface area contributed by atoms with Crippen LogP contribution in [0, 0.1) is 0 Å². The normalized spacial score (nSPS) is 11.0. The van der Waals surface area contributed by atoms with E-state index in [0.29, 0.717) is 22.1 Å². The number of aromatic carboxylic acids is 1. The Kier molecular flexibility index (Phi) is 6.74. The number of carbonyl (C=O) groups is 3. The third-order valence-corrected chi connectivity index (χ3v) is 6.13. The van der Waals surface area contributed by atoms with Gasteiger partial charge in [-0.15, -0.1) is 0 Å². The second kappa shape index (κ2) is 9.90. The van der Waals surface area contributed by atoms with Crippen LogP contribution in [0.1, 0.15) is 16.8 Å². The van der Waals surface area contributed by atoms with Crippen LogP contribution in [0.25, 0.3) is 33.4 Å². The quantitative estimate of drug-likeness (QED) is 0.210. The van der Waals surface area contributed by atoms with Gasteiger partial charge >= 0.3 is 11.9 Å². The number of fused-ring (bicyclic) bond motifs is 2. The fraction of sp³-hybridized carbons (Fsp3) is 0.120. The third-order valence-electron chi connectivity index (χ3n) is 5.17. The van der Waals surface area contributed by atoms with Crippen LogP contribution in [0.5, 0.6) is 5.75 Å². The molecule has 9 nitrogen and oxygen atoms in total. The molecule has 0 atom stereocenters. The highest BCUT2D eigenvalue weighted by atomic mass is 32.2. The van der Waals surface area contributed by atoms with Crippen molar-refractivity contribution in [2.75, 3.05) is 16.8 Å². The topological polar surface area (TPSA) is 154 Å². The molecule has 2 aromatic rings. The van der Waals surface area contributed by atoms with E-state index in [-0.39, 0.29) is 51.7 Å². The fourth-order valence-corrected chi connectivity index (χ4v) is 4.41. The number of carbonyl (C=O) groups excluding carboxylic acids is 1. The molecule has 1 amide bonds. The molecule has 1 heterocycles. The number of nitrogens with one attached hydrogen (secondary N) is 1. The maximum Gasteiger partial charge on any atom is 0.336 e. The summed E-state index contributed by atoms with van der Waals surface area (Å²) in [6.45, 7) is 0. The van der Waals surface area contributed by atoms with Gasteiger partial charge in [0.15, 0.2) is 5.43 Å². The zero-order valence-corrected chi connectivity index (χ0v) is 18.9. The van der Waals surface area contributed by atoms with E-state index in [4.69, 9.17) is 9.52 Å². The van der Waals surface area contributed by atoms with Gasteiger partial charge in [0.05, 0.1) is 17.7 Å². The van der Waals surface area contributed by atoms with Crippen LogP contribution in [0.4, 0.5) is 5.69 Å². The number of rotatable bonds is 8. The number of carboxylic acids is 2. The van der Waals surface area contributed by atoms with Crippen molar-refractivity contribution < 1.29 is 34.1 Å². The van der Waals surface area contributed by atoms with E-state index in [9.17, 15) is 29.4 Å². The molecule has 0 saturated carbocycles. The average molecular weight is 493 g/mol. The van der Waals surface area contributed by atoms with Gasteiger partial charge in [-0.2, -0.15) is 11.8 Å². The van der Waals surface area contributed by atoms with Crippen molar-refractivity contribution in [2.45, 2.75) is 6.42 Å². The number of phenols is 1. The minimum Gasteiger partial charge on any atom is -0.508 e. The molecule has 2 aromatic carbocycles. The lowest BCUT2D eigenvalue weighted by Gasteiger charge is -2.17. The number of carboxylic acid groups (broad SMARTS) is 2. The Bertz CT molecular complexity index is 1490. The number of thioether (sulfide) groups is 1. The zero-order valence-electron chi connectivity index (χ0n) is 18.1. The van der Waals surface area contributed by atoms with Crippen molar-refractivity contribution in [3.8, 4) is 28.2 Å². The Morgan fingerprint density at radius 1 is 0.943 bits per heavy atom. The maximum atomic E-state index is 12.2. The first-order valence-corrected chi connectivity index (χ1v) is 11.5. The molecule has 2 aliphatic rings. The van der Waals surface area contributed by atoms with E-state index in [1.165, 1.54) is 30.3 Å². The van der Waals surface area contributed by atoms with Crippen molar-refractivity contribution in [1.29, 1.82) is 0 Å². The average Bonchev–Trinajstić information content (AvgIpc) is 2.80. The van der Waals surface area contributed by atoms with E-state index in [1.54, 1.807) is 24.3 Å². The summed E-state index contributed by atoms with van der Waals surface area (Å²) in [5, 5.41) is 31.7. The van der Waals surface area contributed by atoms with Crippen LogP contribution in [0.2, 0.25) is 0 Å². The Balaban J connectivity index is 1.76. The molecule has 0 spiro atoms. The SMILES string of the molecule is O=C(O)CCSCC(=O)Nc1ccc(-c2c3ccc(=O)cc-3oc3cc(O)ccc23)c(C(=O)O)c1. The molecular formula is C25H19NO8S. The molecule has 0 aromatic heterocycles. The smallest absolute Gasteiger partial charge is 0.336 e. The van der Waals surface area contributed by atoms with Gasteiger partial charge in [-0.05, 0) is 42.0 Å². The van der Waals surface area contributed by atoms with Gasteiger partial charge in [-0.25, -0.2) is 4.79 Å². The fourth-order valence-electron chi connectivity index (χ4n) is 3.69. The van der Waals surface area contributed by atoms with Crippen molar-refractivity contribution >= 4 is 46.3 Å². The highest BCUT2D eigenvalue weighted by Crippen LogP contribution is 2.42. The number of aromatic hydroxyl groups is 1. The first kappa shape index (κ1) is 23.8. The van der Waals surface area contributed by atoms with E-state index in [0.717, 1.165) is 11.8 Å². The minimum absolute atomic E-state index is 0.0217. The number of anilines is 1. The second-order valence-electron chi connectivity index (χ2n) is 7.63. The molecular weight excluding hydrogens is 474 g/mol. The number of benzene rings is 3. The summed E-state index contributed by atoms with van der Waals surface area (Å²) in [4.78, 5) is 46.9. The van der Waals surface area contributed by atoms with E-state index in [2.05, 4.69) is 5.32 Å². The number of aliphatic carboxylic acids is 1. The number of amides is 1. The minimum atomic E-state index is -1.23. The Hall–Kier alpha value is -4.31. The monoisotopic (exact) mass is 493 g/mol. The van der Waals surface area contributed by atoms with Crippen LogP contribution in [0.15, 0.2) is 63.8 Å². The van der Waals surface area contributed by atoms with Crippen LogP contribution in [0.3, 0.4) is 0 Å². The van der Waals surface area contributed by atoms with Gasteiger partial charge in [0, 0.05) is 40.1 Å². The summed E-state index contributed by atoms with van der Waals surface area (Å²) in [6, 6.07) is 13.1. The zero-order chi connectivity index (χ0) is 25.1. The first-order chi connectivity index (χ1) is 16.7. The van der Waals surface area contributed by atoms with E-state index < -0.39 is 17.8 Å². The number of phenolic OH excluding ortho intramolecular Hbond substituents is 1. The standard InChI is InChI=1S/C25H19NO8S/c27-14-2-5-17-20(10-14)34-21-11-15(28)3-6-18(21)24(17)16-4-1-13(9-19(16)25(32)33)26-22(29)12-35-8-7-23(30)31/h1-6,9-11,27H,7-8,12H2,(H,26,29)(H,30,31)(H,32,33). The molecule has 4 N–H and O–H groups in total. The van der Waals surface area contributed by atoms with Crippen LogP contribution in [-0.2, 0) is 9.59 Å². The van der Waals surface area contributed by atoms with Crippen molar-refractivity contribution in [1.82, 2.24) is 0 Å².